The molecule has 4 heterocycles. The Bertz CT molecular complexity index is 1550. The number of ether oxygens (including phenoxy) is 3. The number of aromatic nitrogens is 2. The first-order valence-corrected chi connectivity index (χ1v) is 13.8. The van der Waals surface area contributed by atoms with E-state index in [-0.39, 0.29) is 29.5 Å². The number of amides is 2. The summed E-state index contributed by atoms with van der Waals surface area (Å²) in [7, 11) is 0. The Balaban J connectivity index is 1.32. The lowest BCUT2D eigenvalue weighted by molar-refractivity contribution is -0.276. The summed E-state index contributed by atoms with van der Waals surface area (Å²) in [6.07, 6.45) is -9.40. The molecule has 6 rings (SSSR count). The Labute approximate surface area is 250 Å². The topological polar surface area (TPSA) is 213 Å². The monoisotopic (exact) mass is 608 g/mol. The van der Waals surface area contributed by atoms with E-state index in [1.807, 2.05) is 0 Å². The molecule has 9 atom stereocenters. The Morgan fingerprint density at radius 2 is 1.57 bits per heavy atom. The summed E-state index contributed by atoms with van der Waals surface area (Å²) in [5, 5.41) is 54.8. The van der Waals surface area contributed by atoms with Crippen molar-refractivity contribution in [1.29, 1.82) is 0 Å². The van der Waals surface area contributed by atoms with Crippen molar-refractivity contribution in [1.82, 2.24) is 14.5 Å². The van der Waals surface area contributed by atoms with Crippen molar-refractivity contribution in [3.8, 4) is 0 Å². The van der Waals surface area contributed by atoms with Crippen molar-refractivity contribution in [3.63, 3.8) is 0 Å². The summed E-state index contributed by atoms with van der Waals surface area (Å²) < 4.78 is 15.9. The highest BCUT2D eigenvalue weighted by molar-refractivity contribution is 6.16. The molecule has 15 heteroatoms. The second-order valence-corrected chi connectivity index (χ2v) is 10.5. The van der Waals surface area contributed by atoms with Crippen molar-refractivity contribution in [2.75, 3.05) is 18.5 Å². The van der Waals surface area contributed by atoms with Gasteiger partial charge in [-0.1, -0.05) is 36.4 Å². The maximum Gasteiger partial charge on any atom is 0.360 e. The number of aliphatic hydroxyl groups excluding tert-OH is 5. The van der Waals surface area contributed by atoms with Crippen molar-refractivity contribution >= 4 is 35.5 Å². The average molecular weight is 609 g/mol. The number of hydrogen-bond acceptors (Lipinski definition) is 13. The van der Waals surface area contributed by atoms with E-state index >= 15 is 0 Å². The van der Waals surface area contributed by atoms with Gasteiger partial charge in [-0.05, 0) is 24.3 Å². The zero-order chi connectivity index (χ0) is 31.0. The van der Waals surface area contributed by atoms with Crippen molar-refractivity contribution in [3.05, 3.63) is 78.1 Å². The van der Waals surface area contributed by atoms with E-state index in [1.165, 1.54) is 6.34 Å². The molecule has 44 heavy (non-hydrogen) atoms. The number of quaternary nitrogens is 1. The molecule has 6 N–H and O–H groups in total. The second-order valence-electron chi connectivity index (χ2n) is 10.5. The van der Waals surface area contributed by atoms with E-state index in [4.69, 9.17) is 14.2 Å². The fourth-order valence-electron chi connectivity index (χ4n) is 5.39. The van der Waals surface area contributed by atoms with Crippen molar-refractivity contribution in [2.24, 2.45) is 4.99 Å². The van der Waals surface area contributed by atoms with Gasteiger partial charge in [0.1, 0.15) is 36.8 Å². The maximum absolute atomic E-state index is 14.3. The van der Waals surface area contributed by atoms with Crippen LogP contribution in [0.5, 0.6) is 0 Å². The molecule has 0 saturated carbocycles. The Morgan fingerprint density at radius 3 is 2.27 bits per heavy atom. The summed E-state index contributed by atoms with van der Waals surface area (Å²) >= 11 is 0. The summed E-state index contributed by atoms with van der Waals surface area (Å²) in [4.78, 5) is 40.1. The summed E-state index contributed by atoms with van der Waals surface area (Å²) in [5.41, 5.74) is 0.631. The molecule has 3 aromatic rings. The van der Waals surface area contributed by atoms with Gasteiger partial charge < -0.3 is 45.1 Å². The number of aliphatic imine (C=N–C) groups is 1. The number of fused-ring (bicyclic) bond motifs is 1. The van der Waals surface area contributed by atoms with Gasteiger partial charge in [-0.3, -0.25) is 4.79 Å². The van der Waals surface area contributed by atoms with E-state index in [0.717, 1.165) is 6.33 Å². The largest absolute Gasteiger partial charge is 0.388 e. The van der Waals surface area contributed by atoms with Gasteiger partial charge in [0.2, 0.25) is 12.6 Å². The van der Waals surface area contributed by atoms with Gasteiger partial charge in [-0.15, -0.1) is 4.48 Å². The average Bonchev–Trinajstić information content (AvgIpc) is 3.58. The molecule has 1 aromatic heterocycles. The van der Waals surface area contributed by atoms with E-state index < -0.39 is 72.0 Å². The molecular weight excluding hydrogens is 578 g/mol. The number of carbonyl (C=O) groups excluding carboxylic acids is 2. The zero-order valence-corrected chi connectivity index (χ0v) is 23.0. The smallest absolute Gasteiger partial charge is 0.360 e. The molecule has 3 aliphatic heterocycles. The normalized spacial score (nSPS) is 32.8. The molecule has 0 bridgehead atoms. The van der Waals surface area contributed by atoms with Crippen molar-refractivity contribution < 1.29 is 49.3 Å². The van der Waals surface area contributed by atoms with Gasteiger partial charge >= 0.3 is 5.91 Å². The highest BCUT2D eigenvalue weighted by Gasteiger charge is 2.62. The van der Waals surface area contributed by atoms with Crippen LogP contribution in [0.15, 0.2) is 72.0 Å². The number of anilines is 1. The SMILES string of the molecule is O=C(Nc1ncnc2c1N=C[N+]2(C(=O)c1ccccc1)[C@@H]1O[C@H](CO[C@@H]2OC[C@@H](O)[C@@H](O)[C@H]2O)[C@@H](O)[C@H]1O)c1ccccc1. The minimum Gasteiger partial charge on any atom is -0.388 e. The van der Waals surface area contributed by atoms with Crippen LogP contribution in [0.25, 0.3) is 0 Å². The van der Waals surface area contributed by atoms with Gasteiger partial charge in [-0.25, -0.2) is 9.78 Å². The molecular formula is C29H30N5O10+. The molecule has 15 nitrogen and oxygen atoms in total. The predicted molar refractivity (Wildman–Crippen MR) is 152 cm³/mol. The lowest BCUT2D eigenvalue weighted by Crippen LogP contribution is -2.63. The van der Waals surface area contributed by atoms with E-state index in [1.54, 1.807) is 60.7 Å². The Kier molecular flexibility index (Phi) is 8.30. The van der Waals surface area contributed by atoms with E-state index in [0.29, 0.717) is 5.56 Å². The van der Waals surface area contributed by atoms with Crippen LogP contribution in [0.2, 0.25) is 0 Å². The Hall–Kier alpha value is -4.03. The van der Waals surface area contributed by atoms with Crippen LogP contribution in [0.3, 0.4) is 0 Å². The van der Waals surface area contributed by atoms with Crippen LogP contribution < -0.4 is 9.80 Å². The van der Waals surface area contributed by atoms with Gasteiger partial charge in [0.25, 0.3) is 11.7 Å². The fraction of sp³-hybridized carbons (Fsp3) is 0.345. The van der Waals surface area contributed by atoms with Crippen LogP contribution >= 0.6 is 0 Å². The van der Waals surface area contributed by atoms with E-state index in [2.05, 4.69) is 20.3 Å². The molecule has 0 spiro atoms. The van der Waals surface area contributed by atoms with Crippen molar-refractivity contribution in [2.45, 2.75) is 49.1 Å². The van der Waals surface area contributed by atoms with Crippen LogP contribution in [0, 0.1) is 0 Å². The number of rotatable bonds is 7. The van der Waals surface area contributed by atoms with Crippen LogP contribution in [-0.4, -0.2) is 116 Å². The molecule has 2 aromatic carbocycles. The minimum absolute atomic E-state index is 0.0121. The Morgan fingerprint density at radius 1 is 0.886 bits per heavy atom. The number of carbonyl (C=O) groups is 2. The summed E-state index contributed by atoms with van der Waals surface area (Å²) in [6, 6.07) is 16.6. The van der Waals surface area contributed by atoms with Gasteiger partial charge in [0.05, 0.1) is 18.8 Å². The number of nitrogens with zero attached hydrogens (tertiary/aromatic N) is 4. The van der Waals surface area contributed by atoms with Gasteiger partial charge in [0.15, 0.2) is 23.9 Å². The van der Waals surface area contributed by atoms with E-state index in [9.17, 15) is 35.1 Å². The first-order valence-electron chi connectivity index (χ1n) is 13.8. The molecule has 0 aliphatic carbocycles. The minimum atomic E-state index is -1.67. The molecule has 230 valence electrons. The maximum atomic E-state index is 14.3. The standard InChI is InChI=1S/C29H29N5O10/c35-17-11-42-29(23(39)20(17)36)43-12-18-21(37)22(38)28(44-18)34(27(41)16-9-5-2-6-10-16)14-32-19-24(30-13-31-25(19)34)33-26(40)15-7-3-1-4-8-15/h1-10,13-14,17-18,20-23,28-29,35-39H,11-12H2/p+1/t17-,18-,20-,21-,22-,23-,28-,29+,34?/m1/s1. The van der Waals surface area contributed by atoms with Gasteiger partial charge in [-0.2, -0.15) is 9.98 Å². The third kappa shape index (κ3) is 5.19. The quantitative estimate of drug-likeness (QED) is 0.187. The lowest BCUT2D eigenvalue weighted by atomic mass is 10.1. The second kappa shape index (κ2) is 12.2. The first-order chi connectivity index (χ1) is 21.2. The highest BCUT2D eigenvalue weighted by Crippen LogP contribution is 2.46. The molecule has 0 radical (unpaired) electrons. The fourth-order valence-corrected chi connectivity index (χ4v) is 5.39. The molecule has 2 saturated heterocycles. The summed E-state index contributed by atoms with van der Waals surface area (Å²) in [6.45, 7) is -0.727. The molecule has 2 amide bonds. The molecule has 3 aliphatic rings. The first kappa shape index (κ1) is 30.0. The lowest BCUT2D eigenvalue weighted by Gasteiger charge is -2.35. The highest BCUT2D eigenvalue weighted by atomic mass is 16.7. The van der Waals surface area contributed by atoms with Crippen LogP contribution in [0.4, 0.5) is 17.3 Å². The third-order valence-corrected chi connectivity index (χ3v) is 7.76. The molecule has 2 fully saturated rings. The van der Waals surface area contributed by atoms with Crippen LogP contribution in [-0.2, 0) is 14.2 Å². The summed E-state index contributed by atoms with van der Waals surface area (Å²) in [5.74, 6) is -1.08. The zero-order valence-electron chi connectivity index (χ0n) is 23.0. The third-order valence-electron chi connectivity index (χ3n) is 7.76. The predicted octanol–water partition coefficient (Wildman–Crippen LogP) is -0.548. The molecule has 1 unspecified atom stereocenters. The number of aliphatic hydroxyl groups is 5. The number of benzene rings is 2. The van der Waals surface area contributed by atoms with Gasteiger partial charge in [0, 0.05) is 5.56 Å². The number of hydrogen-bond donors (Lipinski definition) is 6. The van der Waals surface area contributed by atoms with Crippen LogP contribution in [0.1, 0.15) is 20.7 Å². The number of nitrogens with one attached hydrogen (secondary N) is 1.